The summed E-state index contributed by atoms with van der Waals surface area (Å²) in [5.74, 6) is -1.35. The number of hydrogen-bond acceptors (Lipinski definition) is 1. The highest BCUT2D eigenvalue weighted by Crippen LogP contribution is 2.19. The summed E-state index contributed by atoms with van der Waals surface area (Å²) in [4.78, 5) is 0. The molecule has 2 aromatic carbocycles. The van der Waals surface area contributed by atoms with E-state index in [4.69, 9.17) is 5.73 Å². The molecule has 0 aliphatic rings. The smallest absolute Gasteiger partial charge is 0.126 e. The Kier molecular flexibility index (Phi) is 3.67. The molecule has 0 saturated carbocycles. The highest BCUT2D eigenvalue weighted by atomic mass is 19.1. The molecule has 4 heteroatoms. The maximum Gasteiger partial charge on any atom is 0.126 e. The SMILES string of the molecule is NC(Cc1cc(F)ccc1F)c1ccc(F)cc1. The van der Waals surface area contributed by atoms with Crippen molar-refractivity contribution in [1.82, 2.24) is 0 Å². The fourth-order valence-electron chi connectivity index (χ4n) is 1.76. The molecule has 0 bridgehead atoms. The van der Waals surface area contributed by atoms with Crippen LogP contribution in [0.1, 0.15) is 17.2 Å². The molecule has 0 saturated heterocycles. The molecule has 0 aliphatic heterocycles. The molecule has 0 aliphatic carbocycles. The quantitative estimate of drug-likeness (QED) is 0.889. The van der Waals surface area contributed by atoms with Gasteiger partial charge >= 0.3 is 0 Å². The third-order valence-corrected chi connectivity index (χ3v) is 2.75. The van der Waals surface area contributed by atoms with Crippen molar-refractivity contribution in [2.75, 3.05) is 0 Å². The third kappa shape index (κ3) is 2.90. The summed E-state index contributed by atoms with van der Waals surface area (Å²) in [6.07, 6.45) is 0.162. The van der Waals surface area contributed by atoms with E-state index in [-0.39, 0.29) is 17.8 Å². The van der Waals surface area contributed by atoms with E-state index in [0.717, 1.165) is 18.2 Å². The van der Waals surface area contributed by atoms with Gasteiger partial charge in [-0.15, -0.1) is 0 Å². The van der Waals surface area contributed by atoms with E-state index in [1.54, 1.807) is 0 Å². The average molecular weight is 251 g/mol. The van der Waals surface area contributed by atoms with Gasteiger partial charge in [0, 0.05) is 6.04 Å². The predicted octanol–water partition coefficient (Wildman–Crippen LogP) is 3.35. The minimum Gasteiger partial charge on any atom is -0.324 e. The molecule has 0 heterocycles. The number of halogens is 3. The van der Waals surface area contributed by atoms with Gasteiger partial charge in [-0.05, 0) is 47.9 Å². The number of nitrogens with two attached hydrogens (primary N) is 1. The van der Waals surface area contributed by atoms with Crippen molar-refractivity contribution in [2.24, 2.45) is 5.73 Å². The summed E-state index contributed by atoms with van der Waals surface area (Å²) in [6.45, 7) is 0. The normalized spacial score (nSPS) is 12.4. The lowest BCUT2D eigenvalue weighted by Gasteiger charge is -2.12. The van der Waals surface area contributed by atoms with Gasteiger partial charge in [0.15, 0.2) is 0 Å². The van der Waals surface area contributed by atoms with Gasteiger partial charge < -0.3 is 5.73 Å². The van der Waals surface area contributed by atoms with Crippen LogP contribution in [-0.4, -0.2) is 0 Å². The highest BCUT2D eigenvalue weighted by molar-refractivity contribution is 5.25. The van der Waals surface area contributed by atoms with Crippen molar-refractivity contribution in [3.05, 3.63) is 71.0 Å². The Bertz CT molecular complexity index is 537. The molecule has 2 aromatic rings. The van der Waals surface area contributed by atoms with Crippen LogP contribution in [0.2, 0.25) is 0 Å². The van der Waals surface area contributed by atoms with Gasteiger partial charge in [0.05, 0.1) is 0 Å². The number of hydrogen-bond donors (Lipinski definition) is 1. The van der Waals surface area contributed by atoms with Crippen LogP contribution in [0.5, 0.6) is 0 Å². The lowest BCUT2D eigenvalue weighted by molar-refractivity contribution is 0.572. The first-order valence-corrected chi connectivity index (χ1v) is 5.51. The van der Waals surface area contributed by atoms with Crippen LogP contribution in [0.3, 0.4) is 0 Å². The van der Waals surface area contributed by atoms with Gasteiger partial charge in [0.25, 0.3) is 0 Å². The van der Waals surface area contributed by atoms with Gasteiger partial charge in [-0.3, -0.25) is 0 Å². The van der Waals surface area contributed by atoms with Crippen LogP contribution in [-0.2, 0) is 6.42 Å². The molecule has 1 atom stereocenters. The van der Waals surface area contributed by atoms with Crippen LogP contribution < -0.4 is 5.73 Å². The molecule has 0 amide bonds. The Labute approximate surface area is 103 Å². The van der Waals surface area contributed by atoms with E-state index in [1.165, 1.54) is 24.3 Å². The van der Waals surface area contributed by atoms with E-state index in [2.05, 4.69) is 0 Å². The van der Waals surface area contributed by atoms with E-state index in [1.807, 2.05) is 0 Å². The third-order valence-electron chi connectivity index (χ3n) is 2.75. The van der Waals surface area contributed by atoms with E-state index in [0.29, 0.717) is 5.56 Å². The number of rotatable bonds is 3. The van der Waals surface area contributed by atoms with Crippen molar-refractivity contribution >= 4 is 0 Å². The van der Waals surface area contributed by atoms with E-state index >= 15 is 0 Å². The van der Waals surface area contributed by atoms with Gasteiger partial charge in [0.2, 0.25) is 0 Å². The lowest BCUT2D eigenvalue weighted by atomic mass is 9.99. The molecular formula is C14H12F3N. The molecule has 0 radical (unpaired) electrons. The van der Waals surface area contributed by atoms with Crippen LogP contribution in [0.25, 0.3) is 0 Å². The predicted molar refractivity (Wildman–Crippen MR) is 63.4 cm³/mol. The summed E-state index contributed by atoms with van der Waals surface area (Å²) < 4.78 is 39.2. The summed E-state index contributed by atoms with van der Waals surface area (Å²) in [6, 6.07) is 8.41. The Morgan fingerprint density at radius 2 is 1.50 bits per heavy atom. The van der Waals surface area contributed by atoms with Gasteiger partial charge in [-0.2, -0.15) is 0 Å². The average Bonchev–Trinajstić information content (AvgIpc) is 2.34. The number of benzene rings is 2. The molecule has 0 aromatic heterocycles. The van der Waals surface area contributed by atoms with E-state index in [9.17, 15) is 13.2 Å². The molecule has 2 N–H and O–H groups in total. The minimum atomic E-state index is -0.502. The minimum absolute atomic E-state index is 0.162. The molecule has 1 unspecified atom stereocenters. The molecule has 0 spiro atoms. The molecule has 2 rings (SSSR count). The van der Waals surface area contributed by atoms with Gasteiger partial charge in [-0.1, -0.05) is 12.1 Å². The van der Waals surface area contributed by atoms with Crippen LogP contribution in [0, 0.1) is 17.5 Å². The Morgan fingerprint density at radius 3 is 2.17 bits per heavy atom. The van der Waals surface area contributed by atoms with Crippen LogP contribution >= 0.6 is 0 Å². The molecular weight excluding hydrogens is 239 g/mol. The molecule has 18 heavy (non-hydrogen) atoms. The van der Waals surface area contributed by atoms with Crippen molar-refractivity contribution in [1.29, 1.82) is 0 Å². The molecule has 0 fully saturated rings. The highest BCUT2D eigenvalue weighted by Gasteiger charge is 2.11. The zero-order chi connectivity index (χ0) is 13.1. The maximum atomic E-state index is 13.4. The summed E-state index contributed by atoms with van der Waals surface area (Å²) in [7, 11) is 0. The van der Waals surface area contributed by atoms with Crippen molar-refractivity contribution in [2.45, 2.75) is 12.5 Å². The first-order valence-electron chi connectivity index (χ1n) is 5.51. The van der Waals surface area contributed by atoms with Crippen molar-refractivity contribution in [3.8, 4) is 0 Å². The maximum absolute atomic E-state index is 13.4. The zero-order valence-electron chi connectivity index (χ0n) is 9.54. The molecule has 1 nitrogen and oxygen atoms in total. The zero-order valence-corrected chi connectivity index (χ0v) is 9.54. The summed E-state index contributed by atoms with van der Waals surface area (Å²) >= 11 is 0. The second-order valence-electron chi connectivity index (χ2n) is 4.10. The Hall–Kier alpha value is -1.81. The Balaban J connectivity index is 2.18. The fraction of sp³-hybridized carbons (Fsp3) is 0.143. The fourth-order valence-corrected chi connectivity index (χ4v) is 1.76. The summed E-state index contributed by atoms with van der Waals surface area (Å²) in [5, 5.41) is 0. The largest absolute Gasteiger partial charge is 0.324 e. The van der Waals surface area contributed by atoms with Crippen LogP contribution in [0.15, 0.2) is 42.5 Å². The van der Waals surface area contributed by atoms with Crippen LogP contribution in [0.4, 0.5) is 13.2 Å². The second kappa shape index (κ2) is 5.23. The summed E-state index contributed by atoms with van der Waals surface area (Å²) in [5.41, 5.74) is 6.78. The topological polar surface area (TPSA) is 26.0 Å². The lowest BCUT2D eigenvalue weighted by Crippen LogP contribution is -2.14. The van der Waals surface area contributed by atoms with Gasteiger partial charge in [0.1, 0.15) is 17.5 Å². The molecule has 94 valence electrons. The van der Waals surface area contributed by atoms with Crippen molar-refractivity contribution in [3.63, 3.8) is 0 Å². The first kappa shape index (κ1) is 12.6. The van der Waals surface area contributed by atoms with Gasteiger partial charge in [-0.25, -0.2) is 13.2 Å². The first-order chi connectivity index (χ1) is 8.56. The monoisotopic (exact) mass is 251 g/mol. The second-order valence-corrected chi connectivity index (χ2v) is 4.10. The Morgan fingerprint density at radius 1 is 0.889 bits per heavy atom. The van der Waals surface area contributed by atoms with Crippen molar-refractivity contribution < 1.29 is 13.2 Å². The standard InChI is InChI=1S/C14H12F3N/c15-11-3-1-9(2-4-11)14(18)8-10-7-12(16)5-6-13(10)17/h1-7,14H,8,18H2. The van der Waals surface area contributed by atoms with E-state index < -0.39 is 17.7 Å².